The first-order valence-electron chi connectivity index (χ1n) is 12.3. The highest BCUT2D eigenvalue weighted by Crippen LogP contribution is 2.40. The molecule has 0 saturated heterocycles. The van der Waals surface area contributed by atoms with Gasteiger partial charge in [-0.2, -0.15) is 0 Å². The van der Waals surface area contributed by atoms with E-state index >= 15 is 0 Å². The lowest BCUT2D eigenvalue weighted by atomic mass is 9.94. The van der Waals surface area contributed by atoms with Crippen molar-refractivity contribution in [1.82, 2.24) is 5.32 Å². The Labute approximate surface area is 239 Å². The smallest absolute Gasteiger partial charge is 0.338 e. The van der Waals surface area contributed by atoms with Gasteiger partial charge in [0.1, 0.15) is 0 Å². The molecule has 1 atom stereocenters. The Balaban J connectivity index is 1.78. The van der Waals surface area contributed by atoms with Gasteiger partial charge in [-0.15, -0.1) is 0 Å². The van der Waals surface area contributed by atoms with E-state index in [1.807, 2.05) is 51.1 Å². The van der Waals surface area contributed by atoms with Gasteiger partial charge in [0.05, 0.1) is 33.7 Å². The van der Waals surface area contributed by atoms with Crippen molar-refractivity contribution in [2.45, 2.75) is 43.5 Å². The maximum absolute atomic E-state index is 13.4. The number of hydrogen-bond donors (Lipinski definition) is 1. The number of esters is 1. The van der Waals surface area contributed by atoms with E-state index in [9.17, 15) is 19.7 Å². The molecule has 0 bridgehead atoms. The molecule has 0 spiro atoms. The summed E-state index contributed by atoms with van der Waals surface area (Å²) < 4.78 is 6.34. The molecular formula is C29H28BrN3O5S. The summed E-state index contributed by atoms with van der Waals surface area (Å²) in [6, 6.07) is 18.2. The van der Waals surface area contributed by atoms with Crippen LogP contribution in [-0.2, 0) is 9.53 Å². The molecule has 10 heteroatoms. The molecule has 3 aromatic rings. The number of hydrogen-bond acceptors (Lipinski definition) is 6. The molecule has 0 radical (unpaired) electrons. The van der Waals surface area contributed by atoms with Crippen molar-refractivity contribution in [2.75, 3.05) is 11.5 Å². The highest BCUT2D eigenvalue weighted by atomic mass is 79.9. The number of nitrogens with zero attached hydrogens (tertiary/aromatic N) is 2. The number of ether oxygens (including phenoxy) is 1. The zero-order valence-corrected chi connectivity index (χ0v) is 24.3. The monoisotopic (exact) mass is 609 g/mol. The number of halogens is 1. The number of amides is 2. The molecule has 1 aliphatic rings. The molecule has 0 aromatic heterocycles. The van der Waals surface area contributed by atoms with Gasteiger partial charge in [-0.1, -0.05) is 71.4 Å². The lowest BCUT2D eigenvalue weighted by Gasteiger charge is -2.35. The lowest BCUT2D eigenvalue weighted by Crippen LogP contribution is -2.48. The number of anilines is 1. The summed E-state index contributed by atoms with van der Waals surface area (Å²) in [5.74, 6) is -0.487. The van der Waals surface area contributed by atoms with Crippen LogP contribution in [0.5, 0.6) is 0 Å². The standard InChI is InChI=1S/C29H28BrN3O5S/c1-17(2)16-38-28(34)26-19(4)32(22-7-5-6-21(30)15-22)29(35)31-27(26)20-10-13-25(24(14-20)33(36)37)39-23-11-8-18(3)9-12-23/h5-15,17,27H,16H2,1-4H3,(H,31,35). The van der Waals surface area contributed by atoms with E-state index in [2.05, 4.69) is 21.2 Å². The van der Waals surface area contributed by atoms with Gasteiger partial charge >= 0.3 is 12.0 Å². The first-order chi connectivity index (χ1) is 18.5. The van der Waals surface area contributed by atoms with E-state index in [0.29, 0.717) is 21.8 Å². The summed E-state index contributed by atoms with van der Waals surface area (Å²) in [5.41, 5.74) is 2.54. The largest absolute Gasteiger partial charge is 0.462 e. The van der Waals surface area contributed by atoms with Crippen LogP contribution in [0.1, 0.15) is 37.9 Å². The van der Waals surface area contributed by atoms with Crippen molar-refractivity contribution >= 4 is 51.1 Å². The fourth-order valence-corrected chi connectivity index (χ4v) is 5.47. The minimum absolute atomic E-state index is 0.104. The Kier molecular flexibility index (Phi) is 8.76. The summed E-state index contributed by atoms with van der Waals surface area (Å²) in [4.78, 5) is 41.1. The fourth-order valence-electron chi connectivity index (χ4n) is 4.18. The second-order valence-electron chi connectivity index (χ2n) is 9.59. The van der Waals surface area contributed by atoms with Gasteiger partial charge in [-0.25, -0.2) is 9.59 Å². The third kappa shape index (κ3) is 6.51. The number of aryl methyl sites for hydroxylation is 1. The van der Waals surface area contributed by atoms with Crippen LogP contribution in [0.25, 0.3) is 0 Å². The molecule has 1 N–H and O–H groups in total. The van der Waals surface area contributed by atoms with Crippen molar-refractivity contribution in [1.29, 1.82) is 0 Å². The van der Waals surface area contributed by atoms with Crippen LogP contribution in [0, 0.1) is 23.0 Å². The Morgan fingerprint density at radius 1 is 1.13 bits per heavy atom. The Hall–Kier alpha value is -3.63. The van der Waals surface area contributed by atoms with Crippen LogP contribution in [0.3, 0.4) is 0 Å². The quantitative estimate of drug-likeness (QED) is 0.161. The molecule has 0 saturated carbocycles. The SMILES string of the molecule is CC1=C(C(=O)OCC(C)C)C(c2ccc(Sc3ccc(C)cc3)c([N+](=O)[O-])c2)NC(=O)N1c1cccc(Br)c1. The maximum Gasteiger partial charge on any atom is 0.338 e. The molecule has 3 aromatic carbocycles. The summed E-state index contributed by atoms with van der Waals surface area (Å²) in [6.07, 6.45) is 0. The third-order valence-corrected chi connectivity index (χ3v) is 7.65. The van der Waals surface area contributed by atoms with Gasteiger partial charge in [0.25, 0.3) is 5.69 Å². The first kappa shape index (κ1) is 28.4. The van der Waals surface area contributed by atoms with E-state index in [-0.39, 0.29) is 23.8 Å². The molecule has 1 aliphatic heterocycles. The van der Waals surface area contributed by atoms with E-state index in [0.717, 1.165) is 14.9 Å². The molecule has 0 aliphatic carbocycles. The van der Waals surface area contributed by atoms with Crippen LogP contribution in [-0.4, -0.2) is 23.5 Å². The van der Waals surface area contributed by atoms with Gasteiger partial charge in [0, 0.05) is 21.1 Å². The maximum atomic E-state index is 13.4. The fraction of sp³-hybridized carbons (Fsp3) is 0.241. The van der Waals surface area contributed by atoms with E-state index in [1.165, 1.54) is 22.7 Å². The van der Waals surface area contributed by atoms with E-state index in [1.54, 1.807) is 37.3 Å². The third-order valence-electron chi connectivity index (χ3n) is 6.08. The van der Waals surface area contributed by atoms with E-state index in [4.69, 9.17) is 4.74 Å². The second-order valence-corrected chi connectivity index (χ2v) is 11.6. The Bertz CT molecular complexity index is 1460. The van der Waals surface area contributed by atoms with Gasteiger partial charge in [-0.3, -0.25) is 15.0 Å². The lowest BCUT2D eigenvalue weighted by molar-refractivity contribution is -0.387. The van der Waals surface area contributed by atoms with Crippen molar-refractivity contribution in [3.05, 3.63) is 104 Å². The van der Waals surface area contributed by atoms with Crippen LogP contribution in [0.15, 0.2) is 92.3 Å². The molecule has 2 amide bonds. The van der Waals surface area contributed by atoms with Crippen molar-refractivity contribution in [2.24, 2.45) is 5.92 Å². The number of rotatable bonds is 8. The molecule has 1 heterocycles. The normalized spacial score (nSPS) is 15.4. The minimum atomic E-state index is -0.933. The van der Waals surface area contributed by atoms with Crippen LogP contribution in [0.4, 0.5) is 16.2 Å². The number of carbonyl (C=O) groups excluding carboxylic acids is 2. The number of nitro benzene ring substituents is 1. The van der Waals surface area contributed by atoms with Gasteiger partial charge < -0.3 is 10.1 Å². The number of allylic oxidation sites excluding steroid dienone is 1. The van der Waals surface area contributed by atoms with Crippen LogP contribution >= 0.6 is 27.7 Å². The summed E-state index contributed by atoms with van der Waals surface area (Å²) in [7, 11) is 0. The Morgan fingerprint density at radius 2 is 1.85 bits per heavy atom. The number of nitro groups is 1. The molecule has 1 unspecified atom stereocenters. The topological polar surface area (TPSA) is 102 Å². The average Bonchev–Trinajstić information content (AvgIpc) is 2.88. The average molecular weight is 611 g/mol. The summed E-state index contributed by atoms with van der Waals surface area (Å²) in [5, 5.41) is 15.0. The Morgan fingerprint density at radius 3 is 2.49 bits per heavy atom. The molecule has 39 heavy (non-hydrogen) atoms. The number of urea groups is 1. The van der Waals surface area contributed by atoms with Gasteiger partial charge in [0.15, 0.2) is 0 Å². The highest BCUT2D eigenvalue weighted by molar-refractivity contribution is 9.10. The van der Waals surface area contributed by atoms with Gasteiger partial charge in [0.2, 0.25) is 0 Å². The second kappa shape index (κ2) is 12.0. The highest BCUT2D eigenvalue weighted by Gasteiger charge is 2.38. The van der Waals surface area contributed by atoms with Crippen LogP contribution in [0.2, 0.25) is 0 Å². The minimum Gasteiger partial charge on any atom is -0.462 e. The van der Waals surface area contributed by atoms with Gasteiger partial charge in [-0.05, 0) is 61.7 Å². The van der Waals surface area contributed by atoms with Crippen molar-refractivity contribution in [3.63, 3.8) is 0 Å². The first-order valence-corrected chi connectivity index (χ1v) is 13.9. The zero-order valence-electron chi connectivity index (χ0n) is 21.9. The number of benzene rings is 3. The molecule has 0 fully saturated rings. The molecule has 8 nitrogen and oxygen atoms in total. The van der Waals surface area contributed by atoms with Crippen molar-refractivity contribution < 1.29 is 19.2 Å². The van der Waals surface area contributed by atoms with E-state index < -0.39 is 23.0 Å². The number of carbonyl (C=O) groups is 2. The zero-order chi connectivity index (χ0) is 28.3. The predicted octanol–water partition coefficient (Wildman–Crippen LogP) is 7.56. The molecule has 4 rings (SSSR count). The number of nitrogens with one attached hydrogen (secondary N) is 1. The molecular weight excluding hydrogens is 582 g/mol. The summed E-state index contributed by atoms with van der Waals surface area (Å²) >= 11 is 4.71. The van der Waals surface area contributed by atoms with Crippen molar-refractivity contribution in [3.8, 4) is 0 Å². The van der Waals surface area contributed by atoms with Crippen LogP contribution < -0.4 is 10.2 Å². The molecule has 202 valence electrons. The predicted molar refractivity (Wildman–Crippen MR) is 155 cm³/mol. The summed E-state index contributed by atoms with van der Waals surface area (Å²) in [6.45, 7) is 7.70.